The second-order valence-corrected chi connectivity index (χ2v) is 7.34. The Bertz CT molecular complexity index is 1370. The molecule has 27 heavy (non-hydrogen) atoms. The first-order valence-corrected chi connectivity index (χ1v) is 8.69. The zero-order chi connectivity index (χ0) is 18.9. The van der Waals surface area contributed by atoms with Crippen LogP contribution in [0.3, 0.4) is 0 Å². The molecular weight excluding hydrogens is 342 g/mol. The normalized spacial score (nSPS) is 15.2. The van der Waals surface area contributed by atoms with Crippen molar-refractivity contribution < 1.29 is 9.84 Å². The highest BCUT2D eigenvalue weighted by Gasteiger charge is 2.27. The number of benzene rings is 2. The molecule has 0 unspecified atom stereocenters. The molecule has 0 atom stereocenters. The molecule has 5 rings (SSSR count). The Hall–Kier alpha value is -3.41. The zero-order valence-corrected chi connectivity index (χ0v) is 15.1. The number of para-hydroxylation sites is 2. The highest BCUT2D eigenvalue weighted by atomic mass is 16.5. The van der Waals surface area contributed by atoms with Crippen molar-refractivity contribution in [2.75, 3.05) is 0 Å². The van der Waals surface area contributed by atoms with E-state index < -0.39 is 5.60 Å². The summed E-state index contributed by atoms with van der Waals surface area (Å²) in [7, 11) is 1.82. The van der Waals surface area contributed by atoms with Crippen molar-refractivity contribution in [1.82, 2.24) is 14.5 Å². The molecule has 2 aromatic carbocycles. The van der Waals surface area contributed by atoms with E-state index in [1.165, 1.54) is 6.07 Å². The summed E-state index contributed by atoms with van der Waals surface area (Å²) in [6, 6.07) is 8.92. The molecule has 0 radical (unpaired) electrons. The summed E-state index contributed by atoms with van der Waals surface area (Å²) in [5.74, 6) is 0.419. The van der Waals surface area contributed by atoms with E-state index in [0.717, 1.165) is 5.56 Å². The predicted octanol–water partition coefficient (Wildman–Crippen LogP) is 3.52. The summed E-state index contributed by atoms with van der Waals surface area (Å²) in [4.78, 5) is 22.3. The van der Waals surface area contributed by atoms with Crippen molar-refractivity contribution in [2.24, 2.45) is 7.05 Å². The molecule has 0 bridgehead atoms. The van der Waals surface area contributed by atoms with E-state index in [2.05, 4.69) is 9.97 Å². The van der Waals surface area contributed by atoms with Crippen LogP contribution in [0.15, 0.2) is 41.2 Å². The van der Waals surface area contributed by atoms with Gasteiger partial charge in [-0.25, -0.2) is 9.97 Å². The molecule has 3 heterocycles. The van der Waals surface area contributed by atoms with Crippen molar-refractivity contribution in [2.45, 2.75) is 19.4 Å². The first-order valence-electron chi connectivity index (χ1n) is 8.69. The molecule has 1 N–H and O–H groups in total. The van der Waals surface area contributed by atoms with Gasteiger partial charge in [0, 0.05) is 18.7 Å². The summed E-state index contributed by atoms with van der Waals surface area (Å²) in [5.41, 5.74) is 2.56. The van der Waals surface area contributed by atoms with Crippen molar-refractivity contribution in [1.29, 1.82) is 0 Å². The summed E-state index contributed by atoms with van der Waals surface area (Å²) >= 11 is 0. The Morgan fingerprint density at radius 1 is 1.15 bits per heavy atom. The first-order chi connectivity index (χ1) is 12.9. The number of aromatic nitrogens is 3. The van der Waals surface area contributed by atoms with Gasteiger partial charge >= 0.3 is 0 Å². The second-order valence-electron chi connectivity index (χ2n) is 7.34. The second kappa shape index (κ2) is 5.07. The van der Waals surface area contributed by atoms with Crippen molar-refractivity contribution in [3.63, 3.8) is 0 Å². The standard InChI is InChI=1S/C21H17N3O3/c1-21(2)9-8-11-15(27-21)10-14(25)16-18(11)24(3)20-17(19(16)26)22-12-6-4-5-7-13(12)23-20/h4-10,25H,1-3H3. The van der Waals surface area contributed by atoms with E-state index in [4.69, 9.17) is 4.74 Å². The van der Waals surface area contributed by atoms with E-state index >= 15 is 0 Å². The summed E-state index contributed by atoms with van der Waals surface area (Å²) in [5, 5.41) is 10.8. The van der Waals surface area contributed by atoms with E-state index in [1.807, 2.05) is 57.3 Å². The number of nitrogens with zero attached hydrogens (tertiary/aromatic N) is 3. The molecule has 6 nitrogen and oxygen atoms in total. The predicted molar refractivity (Wildman–Crippen MR) is 105 cm³/mol. The molecule has 1 aliphatic heterocycles. The van der Waals surface area contributed by atoms with E-state index in [1.54, 1.807) is 4.57 Å². The van der Waals surface area contributed by atoms with Crippen LogP contribution in [0.5, 0.6) is 11.5 Å². The molecule has 134 valence electrons. The number of phenols is 1. The van der Waals surface area contributed by atoms with Crippen LogP contribution in [0.2, 0.25) is 0 Å². The Labute approximate surface area is 154 Å². The third kappa shape index (κ3) is 2.16. The number of aryl methyl sites for hydroxylation is 1. The lowest BCUT2D eigenvalue weighted by Gasteiger charge is -2.29. The highest BCUT2D eigenvalue weighted by molar-refractivity contribution is 6.01. The third-order valence-corrected chi connectivity index (χ3v) is 4.95. The van der Waals surface area contributed by atoms with Gasteiger partial charge < -0.3 is 14.4 Å². The van der Waals surface area contributed by atoms with Gasteiger partial charge in [-0.15, -0.1) is 0 Å². The SMILES string of the molecule is Cn1c2nc3ccccc3nc2c(=O)c2c(O)cc3c(c21)C=CC(C)(C)O3. The number of hydrogen-bond donors (Lipinski definition) is 1. The quantitative estimate of drug-likeness (QED) is 0.486. The smallest absolute Gasteiger partial charge is 0.221 e. The number of ether oxygens (including phenoxy) is 1. The maximum atomic E-state index is 13.2. The molecule has 0 aliphatic carbocycles. The highest BCUT2D eigenvalue weighted by Crippen LogP contribution is 2.40. The first kappa shape index (κ1) is 15.8. The Morgan fingerprint density at radius 2 is 1.85 bits per heavy atom. The minimum atomic E-state index is -0.487. The van der Waals surface area contributed by atoms with Crippen LogP contribution >= 0.6 is 0 Å². The van der Waals surface area contributed by atoms with Gasteiger partial charge in [0.1, 0.15) is 17.1 Å². The van der Waals surface area contributed by atoms with Gasteiger partial charge in [0.2, 0.25) is 5.43 Å². The number of phenolic OH excluding ortho intramolecular Hbond substituents is 1. The minimum Gasteiger partial charge on any atom is -0.507 e. The van der Waals surface area contributed by atoms with Crippen LogP contribution in [0.25, 0.3) is 39.2 Å². The molecule has 0 saturated carbocycles. The summed E-state index contributed by atoms with van der Waals surface area (Å²) < 4.78 is 7.79. The fourth-order valence-electron chi connectivity index (χ4n) is 3.67. The maximum absolute atomic E-state index is 13.2. The van der Waals surface area contributed by atoms with Crippen molar-refractivity contribution in [3.05, 3.63) is 52.2 Å². The monoisotopic (exact) mass is 359 g/mol. The number of aromatic hydroxyl groups is 1. The number of rotatable bonds is 0. The van der Waals surface area contributed by atoms with Gasteiger partial charge in [0.25, 0.3) is 0 Å². The molecular formula is C21H17N3O3. The molecule has 0 saturated heterocycles. The van der Waals surface area contributed by atoms with Crippen LogP contribution in [-0.2, 0) is 7.05 Å². The molecule has 4 aromatic rings. The number of fused-ring (bicyclic) bond motifs is 5. The lowest BCUT2D eigenvalue weighted by Crippen LogP contribution is -2.28. The van der Waals surface area contributed by atoms with Crippen molar-refractivity contribution >= 4 is 39.2 Å². The van der Waals surface area contributed by atoms with Crippen LogP contribution in [0, 0.1) is 0 Å². The van der Waals surface area contributed by atoms with E-state index in [9.17, 15) is 9.90 Å². The fraction of sp³-hybridized carbons (Fsp3) is 0.190. The number of pyridine rings is 1. The molecule has 2 aromatic heterocycles. The molecule has 0 fully saturated rings. The van der Waals surface area contributed by atoms with Gasteiger partial charge in [-0.05, 0) is 38.1 Å². The average molecular weight is 359 g/mol. The van der Waals surface area contributed by atoms with Gasteiger partial charge in [0.15, 0.2) is 11.2 Å². The maximum Gasteiger partial charge on any atom is 0.221 e. The zero-order valence-electron chi connectivity index (χ0n) is 15.1. The minimum absolute atomic E-state index is 0.118. The van der Waals surface area contributed by atoms with Gasteiger partial charge in [-0.3, -0.25) is 4.79 Å². The number of hydrogen-bond acceptors (Lipinski definition) is 5. The van der Waals surface area contributed by atoms with Crippen LogP contribution in [-0.4, -0.2) is 25.2 Å². The molecule has 1 aliphatic rings. The van der Waals surface area contributed by atoms with E-state index in [0.29, 0.717) is 27.9 Å². The van der Waals surface area contributed by atoms with Crippen LogP contribution < -0.4 is 10.2 Å². The third-order valence-electron chi connectivity index (χ3n) is 4.95. The lowest BCUT2D eigenvalue weighted by atomic mass is 9.99. The Kier molecular flexibility index (Phi) is 2.97. The van der Waals surface area contributed by atoms with Gasteiger partial charge in [0.05, 0.1) is 21.9 Å². The van der Waals surface area contributed by atoms with E-state index in [-0.39, 0.29) is 22.1 Å². The molecule has 0 amide bonds. The lowest BCUT2D eigenvalue weighted by molar-refractivity contribution is 0.159. The van der Waals surface area contributed by atoms with Crippen LogP contribution in [0.4, 0.5) is 0 Å². The van der Waals surface area contributed by atoms with Crippen LogP contribution in [0.1, 0.15) is 19.4 Å². The Balaban J connectivity index is 2.01. The summed E-state index contributed by atoms with van der Waals surface area (Å²) in [6.07, 6.45) is 3.87. The van der Waals surface area contributed by atoms with Gasteiger partial charge in [-0.2, -0.15) is 0 Å². The van der Waals surface area contributed by atoms with Gasteiger partial charge in [-0.1, -0.05) is 12.1 Å². The average Bonchev–Trinajstić information content (AvgIpc) is 2.63. The molecule has 0 spiro atoms. The summed E-state index contributed by atoms with van der Waals surface area (Å²) in [6.45, 7) is 3.87. The largest absolute Gasteiger partial charge is 0.507 e. The Morgan fingerprint density at radius 3 is 2.59 bits per heavy atom. The molecule has 6 heteroatoms. The fourth-order valence-corrected chi connectivity index (χ4v) is 3.67. The van der Waals surface area contributed by atoms with Crippen molar-refractivity contribution in [3.8, 4) is 11.5 Å². The topological polar surface area (TPSA) is 77.2 Å².